The Kier molecular flexibility index (Phi) is 65.3. The van der Waals surface area contributed by atoms with E-state index in [2.05, 4.69) is 154 Å². The summed E-state index contributed by atoms with van der Waals surface area (Å²) < 4.78 is 16.9. The van der Waals surface area contributed by atoms with Crippen LogP contribution in [0.25, 0.3) is 0 Å². The van der Waals surface area contributed by atoms with E-state index in [1.54, 1.807) is 0 Å². The molecule has 1 unspecified atom stereocenters. The van der Waals surface area contributed by atoms with Crippen LogP contribution in [0.2, 0.25) is 0 Å². The van der Waals surface area contributed by atoms with Gasteiger partial charge in [-0.2, -0.15) is 0 Å². The van der Waals surface area contributed by atoms with Crippen molar-refractivity contribution in [1.82, 2.24) is 0 Å². The molecule has 0 aliphatic heterocycles. The van der Waals surface area contributed by atoms with E-state index in [0.717, 1.165) is 135 Å². The van der Waals surface area contributed by atoms with Gasteiger partial charge in [0, 0.05) is 19.3 Å². The Morgan fingerprint density at radius 2 is 0.476 bits per heavy atom. The Balaban J connectivity index is 4.26. The maximum Gasteiger partial charge on any atom is 0.306 e. The average Bonchev–Trinajstić information content (AvgIpc) is 3.48. The Morgan fingerprint density at radius 3 is 0.744 bits per heavy atom. The second-order valence-corrected chi connectivity index (χ2v) is 22.3. The molecule has 0 amide bonds. The molecular weight excluding hydrogens is 1010 g/mol. The first kappa shape index (κ1) is 77.5. The quantitative estimate of drug-likeness (QED) is 0.0261. The van der Waals surface area contributed by atoms with Crippen molar-refractivity contribution >= 4 is 17.9 Å². The van der Waals surface area contributed by atoms with Gasteiger partial charge in [0.2, 0.25) is 0 Å². The van der Waals surface area contributed by atoms with E-state index in [4.69, 9.17) is 14.2 Å². The van der Waals surface area contributed by atoms with Crippen molar-refractivity contribution < 1.29 is 28.6 Å². The summed E-state index contributed by atoms with van der Waals surface area (Å²) in [6.07, 6.45) is 97.6. The van der Waals surface area contributed by atoms with Crippen LogP contribution in [0.1, 0.15) is 310 Å². The number of hydrogen-bond donors (Lipinski definition) is 0. The third kappa shape index (κ3) is 66.4. The van der Waals surface area contributed by atoms with Gasteiger partial charge in [0.05, 0.1) is 0 Å². The Hall–Kier alpha value is -4.45. The fourth-order valence-electron chi connectivity index (χ4n) is 9.36. The monoisotopic (exact) mass is 1130 g/mol. The summed E-state index contributed by atoms with van der Waals surface area (Å²) in [5.74, 6) is -0.888. The van der Waals surface area contributed by atoms with Crippen molar-refractivity contribution in [2.45, 2.75) is 316 Å². The molecule has 0 N–H and O–H groups in total. The lowest BCUT2D eigenvalue weighted by Gasteiger charge is -2.18. The maximum absolute atomic E-state index is 12.9. The number of unbranched alkanes of at least 4 members (excludes halogenated alkanes) is 28. The summed E-state index contributed by atoms with van der Waals surface area (Å²) in [6.45, 7) is 6.41. The molecule has 0 aromatic rings. The van der Waals surface area contributed by atoms with Crippen LogP contribution in [0.5, 0.6) is 0 Å². The zero-order valence-corrected chi connectivity index (χ0v) is 53.5. The van der Waals surface area contributed by atoms with Crippen molar-refractivity contribution in [2.75, 3.05) is 13.2 Å². The number of carbonyl (C=O) groups is 3. The second-order valence-electron chi connectivity index (χ2n) is 22.3. The van der Waals surface area contributed by atoms with Gasteiger partial charge in [-0.05, 0) is 116 Å². The molecule has 82 heavy (non-hydrogen) atoms. The van der Waals surface area contributed by atoms with Crippen LogP contribution in [0.4, 0.5) is 0 Å². The second kappa shape index (κ2) is 69.0. The van der Waals surface area contributed by atoms with Crippen molar-refractivity contribution in [3.05, 3.63) is 134 Å². The normalized spacial score (nSPS) is 13.0. The van der Waals surface area contributed by atoms with Gasteiger partial charge in [0.15, 0.2) is 6.10 Å². The highest BCUT2D eigenvalue weighted by Crippen LogP contribution is 2.16. The number of ether oxygens (including phenoxy) is 3. The molecule has 0 aliphatic carbocycles. The third-order valence-electron chi connectivity index (χ3n) is 14.4. The van der Waals surface area contributed by atoms with Crippen LogP contribution in [0, 0.1) is 0 Å². The number of esters is 3. The van der Waals surface area contributed by atoms with Crippen LogP contribution >= 0.6 is 0 Å². The van der Waals surface area contributed by atoms with E-state index in [1.165, 1.54) is 135 Å². The fourth-order valence-corrected chi connectivity index (χ4v) is 9.36. The van der Waals surface area contributed by atoms with Crippen molar-refractivity contribution in [1.29, 1.82) is 0 Å². The standard InChI is InChI=1S/C76H126O6/c1-4-7-10-13-16-19-22-24-26-28-30-32-34-36-37-38-39-41-42-44-46-48-50-52-54-57-60-63-66-69-75(78)81-72-73(71-80-74(77)68-65-62-59-56-21-18-15-12-9-6-3)82-76(79)70-67-64-61-58-55-53-51-49-47-45-43-40-35-33-31-29-27-25-23-20-17-14-11-8-5-2/h7-8,10-11,16-17,19-20,24-27,30-33,36-37,39-41,43,73H,4-6,9,12-15,18,21-23,28-29,34-35,38,42,44-72H2,1-3H3/b10-7-,11-8-,19-16-,20-17-,26-24-,27-25-,32-30-,33-31-,37-36-,41-39-,43-40-. The molecular formula is C76H126O6. The number of hydrogen-bond acceptors (Lipinski definition) is 6. The van der Waals surface area contributed by atoms with Crippen molar-refractivity contribution in [3.8, 4) is 0 Å². The molecule has 0 aromatic heterocycles. The summed E-state index contributed by atoms with van der Waals surface area (Å²) in [5.41, 5.74) is 0. The van der Waals surface area contributed by atoms with Crippen LogP contribution in [0.15, 0.2) is 134 Å². The molecule has 0 spiro atoms. The smallest absolute Gasteiger partial charge is 0.306 e. The van der Waals surface area contributed by atoms with E-state index < -0.39 is 6.10 Å². The largest absolute Gasteiger partial charge is 0.462 e. The predicted octanol–water partition coefficient (Wildman–Crippen LogP) is 23.7. The molecule has 0 saturated carbocycles. The van der Waals surface area contributed by atoms with Crippen molar-refractivity contribution in [2.24, 2.45) is 0 Å². The van der Waals surface area contributed by atoms with Gasteiger partial charge in [0.1, 0.15) is 13.2 Å². The molecule has 0 radical (unpaired) electrons. The fraction of sp³-hybridized carbons (Fsp3) is 0.671. The van der Waals surface area contributed by atoms with Crippen LogP contribution in [-0.2, 0) is 28.6 Å². The van der Waals surface area contributed by atoms with Gasteiger partial charge in [-0.25, -0.2) is 0 Å². The molecule has 0 fully saturated rings. The molecule has 0 saturated heterocycles. The minimum atomic E-state index is -0.786. The van der Waals surface area contributed by atoms with Crippen LogP contribution < -0.4 is 0 Å². The molecule has 0 aliphatic rings. The van der Waals surface area contributed by atoms with E-state index in [9.17, 15) is 14.4 Å². The lowest BCUT2D eigenvalue weighted by molar-refractivity contribution is -0.167. The maximum atomic E-state index is 12.9. The first-order valence-corrected chi connectivity index (χ1v) is 34.2. The molecule has 6 nitrogen and oxygen atoms in total. The van der Waals surface area contributed by atoms with E-state index >= 15 is 0 Å². The van der Waals surface area contributed by atoms with Gasteiger partial charge in [-0.15, -0.1) is 0 Å². The first-order chi connectivity index (χ1) is 40.5. The van der Waals surface area contributed by atoms with Gasteiger partial charge >= 0.3 is 17.9 Å². The first-order valence-electron chi connectivity index (χ1n) is 34.2. The topological polar surface area (TPSA) is 78.9 Å². The van der Waals surface area contributed by atoms with Crippen molar-refractivity contribution in [3.63, 3.8) is 0 Å². The zero-order valence-electron chi connectivity index (χ0n) is 53.5. The lowest BCUT2D eigenvalue weighted by Crippen LogP contribution is -2.30. The minimum Gasteiger partial charge on any atom is -0.462 e. The van der Waals surface area contributed by atoms with Gasteiger partial charge in [-0.3, -0.25) is 14.4 Å². The van der Waals surface area contributed by atoms with E-state index in [0.29, 0.717) is 19.3 Å². The predicted molar refractivity (Wildman–Crippen MR) is 357 cm³/mol. The van der Waals surface area contributed by atoms with Gasteiger partial charge in [0.25, 0.3) is 0 Å². The van der Waals surface area contributed by atoms with E-state index in [1.807, 2.05) is 0 Å². The number of allylic oxidation sites excluding steroid dienone is 22. The molecule has 0 aromatic carbocycles. The third-order valence-corrected chi connectivity index (χ3v) is 14.4. The Bertz CT molecular complexity index is 1730. The summed E-state index contributed by atoms with van der Waals surface area (Å²) in [5, 5.41) is 0. The number of rotatable bonds is 61. The molecule has 0 bridgehead atoms. The summed E-state index contributed by atoms with van der Waals surface area (Å²) in [4.78, 5) is 38.3. The highest BCUT2D eigenvalue weighted by Gasteiger charge is 2.19. The zero-order chi connectivity index (χ0) is 59.2. The van der Waals surface area contributed by atoms with Gasteiger partial charge < -0.3 is 14.2 Å². The summed E-state index contributed by atoms with van der Waals surface area (Å²) in [7, 11) is 0. The van der Waals surface area contributed by atoms with Crippen LogP contribution in [-0.4, -0.2) is 37.2 Å². The van der Waals surface area contributed by atoms with Gasteiger partial charge in [-0.1, -0.05) is 309 Å². The van der Waals surface area contributed by atoms with Crippen LogP contribution in [0.3, 0.4) is 0 Å². The molecule has 1 atom stereocenters. The average molecular weight is 1140 g/mol. The SMILES string of the molecule is CC/C=C\C/C=C\C/C=C\C/C=C\C/C=C\C/C=C\CCCCCCCCCCCCC(=O)OCC(COC(=O)CCCCCCCCCCCC)OC(=O)CCCCCCCCCCC/C=C\C/C=C\C/C=C\C/C=C\C/C=C\CC. The molecule has 466 valence electrons. The lowest BCUT2D eigenvalue weighted by atomic mass is 10.1. The highest BCUT2D eigenvalue weighted by atomic mass is 16.6. The van der Waals surface area contributed by atoms with E-state index in [-0.39, 0.29) is 31.1 Å². The number of carbonyl (C=O) groups excluding carboxylic acids is 3. The molecule has 0 heterocycles. The summed E-state index contributed by atoms with van der Waals surface area (Å²) >= 11 is 0. The Labute approximate surface area is 506 Å². The summed E-state index contributed by atoms with van der Waals surface area (Å²) in [6, 6.07) is 0. The Morgan fingerprint density at radius 1 is 0.256 bits per heavy atom. The highest BCUT2D eigenvalue weighted by molar-refractivity contribution is 5.71. The minimum absolute atomic E-state index is 0.0819. The molecule has 0 rings (SSSR count). The molecule has 6 heteroatoms.